The zero-order chi connectivity index (χ0) is 23.1. The van der Waals surface area contributed by atoms with Gasteiger partial charge in [0.05, 0.1) is 28.5 Å². The van der Waals surface area contributed by atoms with E-state index in [1.807, 2.05) is 12.3 Å². The summed E-state index contributed by atoms with van der Waals surface area (Å²) in [6, 6.07) is 19.0. The van der Waals surface area contributed by atoms with Gasteiger partial charge in [-0.1, -0.05) is 53.5 Å². The van der Waals surface area contributed by atoms with Crippen molar-refractivity contribution in [3.05, 3.63) is 87.9 Å². The minimum atomic E-state index is -0.615. The van der Waals surface area contributed by atoms with E-state index in [1.165, 1.54) is 17.8 Å². The van der Waals surface area contributed by atoms with Gasteiger partial charge < -0.3 is 15.4 Å². The van der Waals surface area contributed by atoms with Gasteiger partial charge >= 0.3 is 0 Å². The maximum atomic E-state index is 13.1. The first-order valence-electron chi connectivity index (χ1n) is 9.48. The van der Waals surface area contributed by atoms with Crippen molar-refractivity contribution < 1.29 is 14.3 Å². The predicted octanol–water partition coefficient (Wildman–Crippen LogP) is 6.38. The maximum absolute atomic E-state index is 13.1. The highest BCUT2D eigenvalue weighted by Gasteiger charge is 2.21. The average molecular weight is 487 g/mol. The van der Waals surface area contributed by atoms with E-state index in [0.717, 1.165) is 4.90 Å². The van der Waals surface area contributed by atoms with E-state index < -0.39 is 11.8 Å². The van der Waals surface area contributed by atoms with Gasteiger partial charge in [0.15, 0.2) is 0 Å². The summed E-state index contributed by atoms with van der Waals surface area (Å²) < 4.78 is 5.42. The highest BCUT2D eigenvalue weighted by Crippen LogP contribution is 2.30. The molecule has 0 saturated heterocycles. The van der Waals surface area contributed by atoms with Crippen LogP contribution in [0.5, 0.6) is 5.75 Å². The fraction of sp³-hybridized carbons (Fsp3) is 0.0833. The van der Waals surface area contributed by atoms with E-state index in [4.69, 9.17) is 27.9 Å². The second-order valence-electron chi connectivity index (χ2n) is 6.54. The Morgan fingerprint density at radius 2 is 1.41 bits per heavy atom. The number of amides is 2. The van der Waals surface area contributed by atoms with Crippen LogP contribution in [-0.4, -0.2) is 25.2 Å². The summed E-state index contributed by atoms with van der Waals surface area (Å²) in [6.07, 6.45) is 3.43. The number of nitrogens with one attached hydrogen (secondary N) is 2. The van der Waals surface area contributed by atoms with Gasteiger partial charge in [-0.25, -0.2) is 0 Å². The average Bonchev–Trinajstić information content (AvgIpc) is 2.80. The fourth-order valence-electron chi connectivity index (χ4n) is 2.85. The van der Waals surface area contributed by atoms with E-state index in [0.29, 0.717) is 32.7 Å². The summed E-state index contributed by atoms with van der Waals surface area (Å²) in [5.74, 6) is -0.588. The molecule has 3 aromatic carbocycles. The van der Waals surface area contributed by atoms with Crippen molar-refractivity contribution in [3.63, 3.8) is 0 Å². The lowest BCUT2D eigenvalue weighted by atomic mass is 10.1. The molecule has 0 fully saturated rings. The largest absolute Gasteiger partial charge is 0.496 e. The van der Waals surface area contributed by atoms with Gasteiger partial charge in [0.2, 0.25) is 0 Å². The van der Waals surface area contributed by atoms with Crippen LogP contribution in [0.3, 0.4) is 0 Å². The molecule has 0 aromatic heterocycles. The van der Waals surface area contributed by atoms with Crippen LogP contribution in [-0.2, 0) is 9.59 Å². The number of benzene rings is 3. The van der Waals surface area contributed by atoms with Gasteiger partial charge in [0.1, 0.15) is 11.3 Å². The van der Waals surface area contributed by atoms with E-state index in [9.17, 15) is 9.59 Å². The SMILES string of the molecule is COc1cc(C=C(C(=O)Nc2ccccc2Cl)C(=O)Nc2ccccc2Cl)ccc1SC. The Balaban J connectivity index is 1.99. The van der Waals surface area contributed by atoms with Crippen LogP contribution in [0.4, 0.5) is 11.4 Å². The predicted molar refractivity (Wildman–Crippen MR) is 133 cm³/mol. The van der Waals surface area contributed by atoms with E-state index in [2.05, 4.69) is 10.6 Å². The van der Waals surface area contributed by atoms with Crippen molar-refractivity contribution in [2.45, 2.75) is 4.90 Å². The third-order valence-electron chi connectivity index (χ3n) is 4.45. The Bertz CT molecular complexity index is 1120. The molecule has 0 atom stereocenters. The molecule has 0 aliphatic carbocycles. The van der Waals surface area contributed by atoms with Crippen LogP contribution >= 0.6 is 35.0 Å². The molecular formula is C24H20Cl2N2O3S. The Morgan fingerprint density at radius 1 is 0.875 bits per heavy atom. The van der Waals surface area contributed by atoms with Crippen LogP contribution in [0.15, 0.2) is 77.2 Å². The number of carbonyl (C=O) groups is 2. The van der Waals surface area contributed by atoms with Crippen molar-refractivity contribution in [1.82, 2.24) is 0 Å². The van der Waals surface area contributed by atoms with Crippen LogP contribution in [0.2, 0.25) is 10.0 Å². The van der Waals surface area contributed by atoms with Crippen molar-refractivity contribution in [2.24, 2.45) is 0 Å². The molecule has 2 amide bonds. The highest BCUT2D eigenvalue weighted by atomic mass is 35.5. The third kappa shape index (κ3) is 5.85. The summed E-state index contributed by atoms with van der Waals surface area (Å²) in [5, 5.41) is 6.11. The number of halogens is 2. The highest BCUT2D eigenvalue weighted by molar-refractivity contribution is 7.98. The molecule has 3 rings (SSSR count). The monoisotopic (exact) mass is 486 g/mol. The Hall–Kier alpha value is -2.93. The minimum absolute atomic E-state index is 0.121. The summed E-state index contributed by atoms with van der Waals surface area (Å²) in [4.78, 5) is 27.1. The van der Waals surface area contributed by atoms with Crippen molar-refractivity contribution in [1.29, 1.82) is 0 Å². The third-order valence-corrected chi connectivity index (χ3v) is 5.89. The maximum Gasteiger partial charge on any atom is 0.261 e. The summed E-state index contributed by atoms with van der Waals surface area (Å²) >= 11 is 13.9. The number of anilines is 2. The Morgan fingerprint density at radius 3 is 1.88 bits per heavy atom. The minimum Gasteiger partial charge on any atom is -0.496 e. The van der Waals surface area contributed by atoms with E-state index >= 15 is 0 Å². The number of rotatable bonds is 7. The van der Waals surface area contributed by atoms with E-state index in [1.54, 1.807) is 67.8 Å². The molecular weight excluding hydrogens is 467 g/mol. The molecule has 32 heavy (non-hydrogen) atoms. The normalized spacial score (nSPS) is 10.2. The van der Waals surface area contributed by atoms with E-state index in [-0.39, 0.29) is 5.57 Å². The van der Waals surface area contributed by atoms with Crippen molar-refractivity contribution >= 4 is 64.2 Å². The molecule has 0 bridgehead atoms. The number of ether oxygens (including phenoxy) is 1. The molecule has 3 aromatic rings. The second-order valence-corrected chi connectivity index (χ2v) is 8.20. The first kappa shape index (κ1) is 23.7. The molecule has 164 valence electrons. The lowest BCUT2D eigenvalue weighted by Crippen LogP contribution is -2.25. The van der Waals surface area contributed by atoms with Crippen LogP contribution < -0.4 is 15.4 Å². The van der Waals surface area contributed by atoms with Gasteiger partial charge in [-0.05, 0) is 54.3 Å². The fourth-order valence-corrected chi connectivity index (χ4v) is 3.76. The molecule has 0 aliphatic heterocycles. The van der Waals surface area contributed by atoms with Gasteiger partial charge in [-0.2, -0.15) is 0 Å². The van der Waals surface area contributed by atoms with Gasteiger partial charge in [-0.3, -0.25) is 9.59 Å². The summed E-state index contributed by atoms with van der Waals surface area (Å²) in [7, 11) is 1.57. The zero-order valence-electron chi connectivity index (χ0n) is 17.3. The Labute approximate surface area is 200 Å². The van der Waals surface area contributed by atoms with Crippen molar-refractivity contribution in [2.75, 3.05) is 24.0 Å². The first-order chi connectivity index (χ1) is 15.4. The van der Waals surface area contributed by atoms with Crippen molar-refractivity contribution in [3.8, 4) is 5.75 Å². The molecule has 0 spiro atoms. The molecule has 5 nitrogen and oxygen atoms in total. The molecule has 0 heterocycles. The molecule has 2 N–H and O–H groups in total. The number of methoxy groups -OCH3 is 1. The molecule has 8 heteroatoms. The number of para-hydroxylation sites is 2. The number of thioether (sulfide) groups is 1. The Kier molecular flexibility index (Phi) is 8.22. The summed E-state index contributed by atoms with van der Waals surface area (Å²) in [5.41, 5.74) is 1.29. The number of hydrogen-bond acceptors (Lipinski definition) is 4. The molecule has 0 aliphatic rings. The lowest BCUT2D eigenvalue weighted by molar-refractivity contribution is -0.118. The van der Waals surface area contributed by atoms with Crippen LogP contribution in [0.25, 0.3) is 6.08 Å². The van der Waals surface area contributed by atoms with Gasteiger partial charge in [-0.15, -0.1) is 11.8 Å². The zero-order valence-corrected chi connectivity index (χ0v) is 19.6. The molecule has 0 radical (unpaired) electrons. The van der Waals surface area contributed by atoms with Crippen LogP contribution in [0.1, 0.15) is 5.56 Å². The number of carbonyl (C=O) groups excluding carboxylic acids is 2. The topological polar surface area (TPSA) is 67.4 Å². The lowest BCUT2D eigenvalue weighted by Gasteiger charge is -2.13. The summed E-state index contributed by atoms with van der Waals surface area (Å²) in [6.45, 7) is 0. The molecule has 0 saturated carbocycles. The molecule has 0 unspecified atom stereocenters. The standard InChI is InChI=1S/C24H20Cl2N2O3S/c1-31-21-14-15(11-12-22(21)32-2)13-16(23(29)27-19-9-5-3-7-17(19)25)24(30)28-20-10-6-4-8-18(20)26/h3-14H,1-2H3,(H,27,29)(H,28,30). The quantitative estimate of drug-likeness (QED) is 0.176. The van der Waals surface area contributed by atoms with Gasteiger partial charge in [0.25, 0.3) is 11.8 Å². The smallest absolute Gasteiger partial charge is 0.261 e. The number of hydrogen-bond donors (Lipinski definition) is 2. The second kappa shape index (κ2) is 11.1. The van der Waals surface area contributed by atoms with Gasteiger partial charge in [0, 0.05) is 4.90 Å². The first-order valence-corrected chi connectivity index (χ1v) is 11.5. The van der Waals surface area contributed by atoms with Crippen LogP contribution in [0, 0.1) is 0 Å².